The topological polar surface area (TPSA) is 77.1 Å². The van der Waals surface area contributed by atoms with Crippen molar-refractivity contribution < 1.29 is 14.3 Å². The first-order valence-electron chi connectivity index (χ1n) is 9.58. The van der Waals surface area contributed by atoms with E-state index in [0.717, 1.165) is 16.9 Å². The molecule has 2 aromatic carbocycles. The summed E-state index contributed by atoms with van der Waals surface area (Å²) >= 11 is 0. The Hall–Kier alpha value is -3.85. The van der Waals surface area contributed by atoms with Crippen LogP contribution in [0.5, 0.6) is 5.75 Å². The maximum atomic E-state index is 12.3. The molecule has 0 saturated heterocycles. The summed E-state index contributed by atoms with van der Waals surface area (Å²) in [5.74, 6) is 0.0850. The fourth-order valence-corrected chi connectivity index (χ4v) is 2.94. The number of nitrogens with zero attached hydrogens (tertiary/aromatic N) is 3. The van der Waals surface area contributed by atoms with Crippen molar-refractivity contribution in [1.82, 2.24) is 9.78 Å². The van der Waals surface area contributed by atoms with Crippen LogP contribution in [0.1, 0.15) is 25.0 Å². The highest BCUT2D eigenvalue weighted by Crippen LogP contribution is 2.27. The van der Waals surface area contributed by atoms with Crippen LogP contribution in [0.2, 0.25) is 0 Å². The molecule has 3 aromatic rings. The highest BCUT2D eigenvalue weighted by atomic mass is 16.5. The summed E-state index contributed by atoms with van der Waals surface area (Å²) in [4.78, 5) is 12.3. The Kier molecular flexibility index (Phi) is 6.66. The second-order valence-electron chi connectivity index (χ2n) is 6.97. The molecule has 0 spiro atoms. The summed E-state index contributed by atoms with van der Waals surface area (Å²) < 4.78 is 12.2. The molecule has 0 atom stereocenters. The Labute approximate surface area is 176 Å². The zero-order valence-electron chi connectivity index (χ0n) is 17.2. The molecular weight excluding hydrogens is 378 g/mol. The number of benzene rings is 2. The summed E-state index contributed by atoms with van der Waals surface area (Å²) in [6.07, 6.45) is 3.04. The van der Waals surface area contributed by atoms with Crippen molar-refractivity contribution in [3.63, 3.8) is 0 Å². The lowest BCUT2D eigenvalue weighted by molar-refractivity contribution is -0.142. The second-order valence-corrected chi connectivity index (χ2v) is 6.97. The molecule has 0 unspecified atom stereocenters. The largest absolute Gasteiger partial charge is 0.497 e. The average Bonchev–Trinajstić information content (AvgIpc) is 3.14. The first-order valence-corrected chi connectivity index (χ1v) is 9.58. The van der Waals surface area contributed by atoms with Crippen molar-refractivity contribution in [3.05, 3.63) is 77.5 Å². The van der Waals surface area contributed by atoms with Gasteiger partial charge in [-0.05, 0) is 49.8 Å². The number of ether oxygens (including phenoxy) is 2. The van der Waals surface area contributed by atoms with Crippen molar-refractivity contribution in [2.24, 2.45) is 0 Å². The molecule has 0 fully saturated rings. The molecule has 6 nitrogen and oxygen atoms in total. The van der Waals surface area contributed by atoms with Crippen LogP contribution in [-0.2, 0) is 16.1 Å². The molecule has 0 aliphatic rings. The van der Waals surface area contributed by atoms with E-state index in [4.69, 9.17) is 14.6 Å². The predicted molar refractivity (Wildman–Crippen MR) is 115 cm³/mol. The molecule has 3 rings (SSSR count). The summed E-state index contributed by atoms with van der Waals surface area (Å²) in [7, 11) is 1.61. The first-order chi connectivity index (χ1) is 14.5. The minimum absolute atomic E-state index is 0.0716. The van der Waals surface area contributed by atoms with Gasteiger partial charge in [-0.2, -0.15) is 10.4 Å². The fourth-order valence-electron chi connectivity index (χ4n) is 2.94. The molecule has 1 aromatic heterocycles. The van der Waals surface area contributed by atoms with Gasteiger partial charge in [-0.15, -0.1) is 0 Å². The lowest BCUT2D eigenvalue weighted by Crippen LogP contribution is -2.12. The van der Waals surface area contributed by atoms with Crippen LogP contribution in [0.4, 0.5) is 0 Å². The van der Waals surface area contributed by atoms with Gasteiger partial charge in [0.25, 0.3) is 0 Å². The molecule has 152 valence electrons. The summed E-state index contributed by atoms with van der Waals surface area (Å²) in [6.45, 7) is 4.05. The van der Waals surface area contributed by atoms with Crippen LogP contribution in [0.25, 0.3) is 17.3 Å². The van der Waals surface area contributed by atoms with Crippen molar-refractivity contribution in [2.45, 2.75) is 26.5 Å². The average molecular weight is 401 g/mol. The number of aromatic nitrogens is 2. The molecular formula is C24H23N3O3. The Morgan fingerprint density at radius 1 is 1.17 bits per heavy atom. The second kappa shape index (κ2) is 9.57. The van der Waals surface area contributed by atoms with E-state index in [1.54, 1.807) is 25.6 Å². The van der Waals surface area contributed by atoms with Crippen molar-refractivity contribution in [2.75, 3.05) is 7.11 Å². The van der Waals surface area contributed by atoms with E-state index in [1.807, 2.05) is 66.9 Å². The maximum absolute atomic E-state index is 12.3. The SMILES string of the molecule is COc1ccc(-c2nn(Cc3ccccc3)cc2/C=C(\C#N)C(=O)OC(C)C)cc1. The molecule has 0 amide bonds. The van der Waals surface area contributed by atoms with Gasteiger partial charge in [-0.3, -0.25) is 4.68 Å². The molecule has 0 aliphatic carbocycles. The molecule has 6 heteroatoms. The lowest BCUT2D eigenvalue weighted by atomic mass is 10.1. The predicted octanol–water partition coefficient (Wildman–Crippen LogP) is 4.47. The molecule has 0 aliphatic heterocycles. The van der Waals surface area contributed by atoms with Gasteiger partial charge in [-0.25, -0.2) is 4.79 Å². The monoisotopic (exact) mass is 401 g/mol. The van der Waals surface area contributed by atoms with Gasteiger partial charge in [-0.1, -0.05) is 30.3 Å². The molecule has 1 heterocycles. The van der Waals surface area contributed by atoms with Crippen molar-refractivity contribution in [3.8, 4) is 23.1 Å². The highest BCUT2D eigenvalue weighted by Gasteiger charge is 2.16. The van der Waals surface area contributed by atoms with Crippen molar-refractivity contribution >= 4 is 12.0 Å². The van der Waals surface area contributed by atoms with Crippen LogP contribution < -0.4 is 4.74 Å². The minimum Gasteiger partial charge on any atom is -0.497 e. The summed E-state index contributed by atoms with van der Waals surface area (Å²) in [6, 6.07) is 19.4. The van der Waals surface area contributed by atoms with Gasteiger partial charge in [0, 0.05) is 17.3 Å². The van der Waals surface area contributed by atoms with E-state index in [-0.39, 0.29) is 11.7 Å². The van der Waals surface area contributed by atoms with E-state index in [0.29, 0.717) is 17.8 Å². The first kappa shape index (κ1) is 20.9. The highest BCUT2D eigenvalue weighted by molar-refractivity contribution is 5.98. The van der Waals surface area contributed by atoms with Gasteiger partial charge < -0.3 is 9.47 Å². The Bertz CT molecular complexity index is 1080. The van der Waals surface area contributed by atoms with E-state index >= 15 is 0 Å². The van der Waals surface area contributed by atoms with E-state index < -0.39 is 5.97 Å². The van der Waals surface area contributed by atoms with E-state index in [1.165, 1.54) is 6.08 Å². The van der Waals surface area contributed by atoms with Crippen LogP contribution in [-0.4, -0.2) is 29.0 Å². The molecule has 0 saturated carbocycles. The summed E-state index contributed by atoms with van der Waals surface area (Å²) in [5.41, 5.74) is 3.20. The molecule has 0 radical (unpaired) electrons. The smallest absolute Gasteiger partial charge is 0.349 e. The standard InChI is InChI=1S/C24H23N3O3/c1-17(2)30-24(28)20(14-25)13-21-16-27(15-18-7-5-4-6-8-18)26-23(21)19-9-11-22(29-3)12-10-19/h4-13,16-17H,15H2,1-3H3/b20-13+. The number of esters is 1. The molecule has 0 bridgehead atoms. The number of rotatable bonds is 7. The fraction of sp³-hybridized carbons (Fsp3) is 0.208. The van der Waals surface area contributed by atoms with Gasteiger partial charge in [0.15, 0.2) is 0 Å². The number of hydrogen-bond acceptors (Lipinski definition) is 5. The Morgan fingerprint density at radius 2 is 1.87 bits per heavy atom. The van der Waals surface area contributed by atoms with E-state index in [9.17, 15) is 10.1 Å². The molecule has 0 N–H and O–H groups in total. The number of carbonyl (C=O) groups is 1. The normalized spacial score (nSPS) is 11.2. The quantitative estimate of drug-likeness (QED) is 0.332. The number of carbonyl (C=O) groups excluding carboxylic acids is 1. The van der Waals surface area contributed by atoms with Crippen LogP contribution in [0, 0.1) is 11.3 Å². The number of methoxy groups -OCH3 is 1. The number of hydrogen-bond donors (Lipinski definition) is 0. The maximum Gasteiger partial charge on any atom is 0.349 e. The van der Waals surface area contributed by atoms with E-state index in [2.05, 4.69) is 0 Å². The van der Waals surface area contributed by atoms with Crippen LogP contribution in [0.15, 0.2) is 66.4 Å². The third-order valence-electron chi connectivity index (χ3n) is 4.32. The minimum atomic E-state index is -0.649. The molecule has 30 heavy (non-hydrogen) atoms. The third kappa shape index (κ3) is 5.15. The summed E-state index contributed by atoms with van der Waals surface area (Å²) in [5, 5.41) is 14.2. The van der Waals surface area contributed by atoms with Crippen molar-refractivity contribution in [1.29, 1.82) is 5.26 Å². The third-order valence-corrected chi connectivity index (χ3v) is 4.32. The zero-order chi connectivity index (χ0) is 21.5. The van der Waals surface area contributed by atoms with Gasteiger partial charge >= 0.3 is 5.97 Å². The Balaban J connectivity index is 2.03. The van der Waals surface area contributed by atoms with Gasteiger partial charge in [0.05, 0.1) is 25.5 Å². The van der Waals surface area contributed by atoms with Crippen LogP contribution in [0.3, 0.4) is 0 Å². The van der Waals surface area contributed by atoms with Gasteiger partial charge in [0.2, 0.25) is 0 Å². The van der Waals surface area contributed by atoms with Gasteiger partial charge in [0.1, 0.15) is 17.4 Å². The lowest BCUT2D eigenvalue weighted by Gasteiger charge is -2.06. The Morgan fingerprint density at radius 3 is 2.47 bits per heavy atom. The van der Waals surface area contributed by atoms with Crippen LogP contribution >= 0.6 is 0 Å². The number of nitriles is 1. The zero-order valence-corrected chi connectivity index (χ0v) is 17.2.